The minimum atomic E-state index is -0.556. The molecule has 0 radical (unpaired) electrons. The Balaban J connectivity index is 1.30. The Morgan fingerprint density at radius 1 is 0.967 bits per heavy atom. The van der Waals surface area contributed by atoms with Crippen LogP contribution in [0.2, 0.25) is 0 Å². The van der Waals surface area contributed by atoms with Crippen molar-refractivity contribution in [2.75, 3.05) is 38.2 Å². The van der Waals surface area contributed by atoms with Crippen LogP contribution in [0, 0.1) is 0 Å². The monoisotopic (exact) mass is 408 g/mol. The second-order valence-electron chi connectivity index (χ2n) is 6.97. The molecule has 156 valence electrons. The van der Waals surface area contributed by atoms with E-state index in [0.29, 0.717) is 31.9 Å². The number of imidazole rings is 1. The zero-order chi connectivity index (χ0) is 20.9. The lowest BCUT2D eigenvalue weighted by atomic mass is 10.2. The summed E-state index contributed by atoms with van der Waals surface area (Å²) < 4.78 is 12.7. The SMILES string of the molecule is COc1ccc(OC(C)C(=O)N2CCN(c3ccc(-n4ccnc4)nn3)CC2)cc1. The summed E-state index contributed by atoms with van der Waals surface area (Å²) >= 11 is 0. The minimum Gasteiger partial charge on any atom is -0.497 e. The molecule has 3 heterocycles. The Kier molecular flexibility index (Phi) is 5.78. The van der Waals surface area contributed by atoms with E-state index in [0.717, 1.165) is 17.4 Å². The fraction of sp³-hybridized carbons (Fsp3) is 0.333. The number of carbonyl (C=O) groups is 1. The third-order valence-corrected chi connectivity index (χ3v) is 5.04. The predicted molar refractivity (Wildman–Crippen MR) is 111 cm³/mol. The summed E-state index contributed by atoms with van der Waals surface area (Å²) in [4.78, 5) is 20.7. The summed E-state index contributed by atoms with van der Waals surface area (Å²) in [5.41, 5.74) is 0. The van der Waals surface area contributed by atoms with Gasteiger partial charge in [0.25, 0.3) is 5.91 Å². The molecule has 1 saturated heterocycles. The van der Waals surface area contributed by atoms with Gasteiger partial charge >= 0.3 is 0 Å². The van der Waals surface area contributed by atoms with Gasteiger partial charge in [0.05, 0.1) is 7.11 Å². The molecule has 1 aromatic carbocycles. The van der Waals surface area contributed by atoms with Gasteiger partial charge in [0.1, 0.15) is 17.8 Å². The van der Waals surface area contributed by atoms with E-state index in [4.69, 9.17) is 9.47 Å². The van der Waals surface area contributed by atoms with E-state index in [1.165, 1.54) is 0 Å². The zero-order valence-electron chi connectivity index (χ0n) is 17.0. The molecule has 3 aromatic rings. The number of rotatable bonds is 6. The number of ether oxygens (including phenoxy) is 2. The summed E-state index contributed by atoms with van der Waals surface area (Å²) in [7, 11) is 1.61. The van der Waals surface area contributed by atoms with Crippen molar-refractivity contribution in [3.05, 3.63) is 55.1 Å². The van der Waals surface area contributed by atoms with Crippen LogP contribution in [0.3, 0.4) is 0 Å². The number of piperazine rings is 1. The highest BCUT2D eigenvalue weighted by Gasteiger charge is 2.26. The Bertz CT molecular complexity index is 951. The number of benzene rings is 1. The Hall–Kier alpha value is -3.62. The number of hydrogen-bond donors (Lipinski definition) is 0. The summed E-state index contributed by atoms with van der Waals surface area (Å²) in [6.45, 7) is 4.39. The van der Waals surface area contributed by atoms with Gasteiger partial charge in [0.2, 0.25) is 0 Å². The average molecular weight is 408 g/mol. The number of nitrogens with zero attached hydrogens (tertiary/aromatic N) is 6. The van der Waals surface area contributed by atoms with Crippen molar-refractivity contribution >= 4 is 11.7 Å². The van der Waals surface area contributed by atoms with Crippen molar-refractivity contribution in [3.63, 3.8) is 0 Å². The van der Waals surface area contributed by atoms with Gasteiger partial charge in [-0.1, -0.05) is 0 Å². The zero-order valence-corrected chi connectivity index (χ0v) is 17.0. The maximum atomic E-state index is 12.8. The molecule has 1 aliphatic rings. The molecular formula is C21H24N6O3. The molecule has 0 aliphatic carbocycles. The number of methoxy groups -OCH3 is 1. The standard InChI is InChI=1S/C21H24N6O3/c1-16(30-18-5-3-17(29-2)4-6-18)21(28)26-13-11-25(12-14-26)19-7-8-20(24-23-19)27-10-9-22-15-27/h3-10,15-16H,11-14H2,1-2H3. The molecule has 9 heteroatoms. The summed E-state index contributed by atoms with van der Waals surface area (Å²) in [6, 6.07) is 11.1. The molecule has 1 aliphatic heterocycles. The molecule has 1 atom stereocenters. The number of carbonyl (C=O) groups excluding carboxylic acids is 1. The van der Waals surface area contributed by atoms with Gasteiger partial charge in [0, 0.05) is 38.6 Å². The van der Waals surface area contributed by atoms with Gasteiger partial charge < -0.3 is 19.3 Å². The fourth-order valence-electron chi connectivity index (χ4n) is 3.34. The first kappa shape index (κ1) is 19.7. The van der Waals surface area contributed by atoms with Crippen molar-refractivity contribution in [2.45, 2.75) is 13.0 Å². The third kappa shape index (κ3) is 4.35. The Morgan fingerprint density at radius 2 is 1.63 bits per heavy atom. The normalized spacial score (nSPS) is 15.0. The molecule has 0 saturated carbocycles. The maximum Gasteiger partial charge on any atom is 0.263 e. The van der Waals surface area contributed by atoms with Gasteiger partial charge in [-0.25, -0.2) is 4.98 Å². The van der Waals surface area contributed by atoms with Crippen LogP contribution < -0.4 is 14.4 Å². The average Bonchev–Trinajstić information content (AvgIpc) is 3.34. The molecule has 1 amide bonds. The fourth-order valence-corrected chi connectivity index (χ4v) is 3.34. The molecule has 2 aromatic heterocycles. The van der Waals surface area contributed by atoms with Crippen molar-refractivity contribution in [2.24, 2.45) is 0 Å². The lowest BCUT2D eigenvalue weighted by molar-refractivity contribution is -0.138. The van der Waals surface area contributed by atoms with Gasteiger partial charge in [-0.15, -0.1) is 10.2 Å². The van der Waals surface area contributed by atoms with Crippen LogP contribution in [0.15, 0.2) is 55.1 Å². The first-order valence-corrected chi connectivity index (χ1v) is 9.80. The molecule has 0 N–H and O–H groups in total. The highest BCUT2D eigenvalue weighted by molar-refractivity contribution is 5.81. The van der Waals surface area contributed by atoms with Crippen LogP contribution in [0.4, 0.5) is 5.82 Å². The van der Waals surface area contributed by atoms with Crippen molar-refractivity contribution in [3.8, 4) is 17.3 Å². The molecule has 1 unspecified atom stereocenters. The van der Waals surface area contributed by atoms with E-state index in [-0.39, 0.29) is 5.91 Å². The molecule has 1 fully saturated rings. The second kappa shape index (κ2) is 8.81. The quantitative estimate of drug-likeness (QED) is 0.615. The predicted octanol–water partition coefficient (Wildman–Crippen LogP) is 1.79. The van der Waals surface area contributed by atoms with E-state index >= 15 is 0 Å². The highest BCUT2D eigenvalue weighted by Crippen LogP contribution is 2.19. The van der Waals surface area contributed by atoms with Crippen LogP contribution in [0.25, 0.3) is 5.82 Å². The van der Waals surface area contributed by atoms with Gasteiger partial charge in [-0.2, -0.15) is 0 Å². The molecule has 30 heavy (non-hydrogen) atoms. The van der Waals surface area contributed by atoms with Crippen LogP contribution in [0.1, 0.15) is 6.92 Å². The molecule has 0 bridgehead atoms. The van der Waals surface area contributed by atoms with E-state index in [1.807, 2.05) is 35.4 Å². The second-order valence-corrected chi connectivity index (χ2v) is 6.97. The number of aromatic nitrogens is 4. The summed E-state index contributed by atoms with van der Waals surface area (Å²) in [5.74, 6) is 2.89. The minimum absolute atomic E-state index is 0.0213. The molecule has 0 spiro atoms. The number of anilines is 1. The Morgan fingerprint density at radius 3 is 2.23 bits per heavy atom. The van der Waals surface area contributed by atoms with Gasteiger partial charge in [-0.3, -0.25) is 9.36 Å². The van der Waals surface area contributed by atoms with Crippen LogP contribution in [-0.4, -0.2) is 69.9 Å². The van der Waals surface area contributed by atoms with Crippen molar-refractivity contribution < 1.29 is 14.3 Å². The Labute approximate surface area is 174 Å². The molecular weight excluding hydrogens is 384 g/mol. The number of amides is 1. The van der Waals surface area contributed by atoms with Gasteiger partial charge in [-0.05, 0) is 43.3 Å². The lowest BCUT2D eigenvalue weighted by Gasteiger charge is -2.36. The first-order valence-electron chi connectivity index (χ1n) is 9.80. The van der Waals surface area contributed by atoms with E-state index in [1.54, 1.807) is 43.3 Å². The topological polar surface area (TPSA) is 85.6 Å². The van der Waals surface area contributed by atoms with Crippen LogP contribution >= 0.6 is 0 Å². The summed E-state index contributed by atoms with van der Waals surface area (Å²) in [5, 5.41) is 8.58. The van der Waals surface area contributed by atoms with E-state index in [2.05, 4.69) is 20.1 Å². The molecule has 9 nitrogen and oxygen atoms in total. The van der Waals surface area contributed by atoms with E-state index in [9.17, 15) is 4.79 Å². The lowest BCUT2D eigenvalue weighted by Crippen LogP contribution is -2.52. The first-order chi connectivity index (χ1) is 14.6. The largest absolute Gasteiger partial charge is 0.497 e. The third-order valence-electron chi connectivity index (χ3n) is 5.04. The van der Waals surface area contributed by atoms with Crippen molar-refractivity contribution in [1.82, 2.24) is 24.6 Å². The smallest absolute Gasteiger partial charge is 0.263 e. The summed E-state index contributed by atoms with van der Waals surface area (Å²) in [6.07, 6.45) is 4.65. The maximum absolute atomic E-state index is 12.8. The molecule has 4 rings (SSSR count). The van der Waals surface area contributed by atoms with E-state index < -0.39 is 6.10 Å². The van der Waals surface area contributed by atoms with Crippen molar-refractivity contribution in [1.29, 1.82) is 0 Å². The van der Waals surface area contributed by atoms with Gasteiger partial charge in [0.15, 0.2) is 17.7 Å². The van der Waals surface area contributed by atoms with Crippen LogP contribution in [0.5, 0.6) is 11.5 Å². The highest BCUT2D eigenvalue weighted by atomic mass is 16.5. The van der Waals surface area contributed by atoms with Crippen LogP contribution in [-0.2, 0) is 4.79 Å². The number of hydrogen-bond acceptors (Lipinski definition) is 7.